The van der Waals surface area contributed by atoms with Gasteiger partial charge in [0.2, 0.25) is 0 Å². The van der Waals surface area contributed by atoms with Gasteiger partial charge in [-0.05, 0) is 99.2 Å². The van der Waals surface area contributed by atoms with Crippen LogP contribution < -0.4 is 5.32 Å². The first-order chi connectivity index (χ1) is 21.0. The van der Waals surface area contributed by atoms with Crippen molar-refractivity contribution in [2.24, 2.45) is 33.7 Å². The summed E-state index contributed by atoms with van der Waals surface area (Å²) >= 11 is 0. The third-order valence-corrected chi connectivity index (χ3v) is 12.0. The second-order valence-corrected chi connectivity index (χ2v) is 14.0. The van der Waals surface area contributed by atoms with Crippen LogP contribution in [0.1, 0.15) is 77.7 Å². The SMILES string of the molecule is COC(=O)[C@H](Cc1c[nH]c2ccccc12)NC(=O)CO/N=C1/C=C2CC[C@@H]3[C@H](CC[C@@]4(C)[C@H]3CC[C@]4(O)C(C)=O)[C@@]2(C)CC1. The zero-order valence-corrected chi connectivity index (χ0v) is 26.3. The van der Waals surface area contributed by atoms with Crippen LogP contribution in [0.25, 0.3) is 10.9 Å². The number of carbonyl (C=O) groups is 3. The molecule has 0 spiro atoms. The summed E-state index contributed by atoms with van der Waals surface area (Å²) < 4.78 is 4.95. The van der Waals surface area contributed by atoms with Crippen molar-refractivity contribution in [2.45, 2.75) is 90.2 Å². The lowest BCUT2D eigenvalue weighted by atomic mass is 9.46. The third-order valence-electron chi connectivity index (χ3n) is 12.0. The average molecular weight is 604 g/mol. The van der Waals surface area contributed by atoms with Crippen molar-refractivity contribution in [1.29, 1.82) is 0 Å². The number of aromatic amines is 1. The van der Waals surface area contributed by atoms with Crippen LogP contribution in [0.3, 0.4) is 0 Å². The monoisotopic (exact) mass is 603 g/mol. The summed E-state index contributed by atoms with van der Waals surface area (Å²) in [6.45, 7) is 5.80. The van der Waals surface area contributed by atoms with Gasteiger partial charge in [-0.25, -0.2) is 4.79 Å². The van der Waals surface area contributed by atoms with Gasteiger partial charge in [0, 0.05) is 28.9 Å². The Bertz CT molecular complexity index is 1530. The summed E-state index contributed by atoms with van der Waals surface area (Å²) in [4.78, 5) is 46.5. The topological polar surface area (TPSA) is 130 Å². The molecule has 3 saturated carbocycles. The summed E-state index contributed by atoms with van der Waals surface area (Å²) in [5.41, 5.74) is 2.63. The molecule has 0 radical (unpaired) electrons. The number of carbonyl (C=O) groups excluding carboxylic acids is 3. The molecule has 44 heavy (non-hydrogen) atoms. The molecule has 4 aliphatic rings. The number of aromatic nitrogens is 1. The molecule has 0 saturated heterocycles. The number of H-pyrrole nitrogens is 1. The van der Waals surface area contributed by atoms with Crippen LogP contribution in [-0.4, -0.2) is 58.8 Å². The molecule has 9 heteroatoms. The number of amides is 1. The first-order valence-corrected chi connectivity index (χ1v) is 16.1. The molecule has 3 N–H and O–H groups in total. The number of allylic oxidation sites excluding steroid dienone is 2. The molecule has 0 aliphatic heterocycles. The Labute approximate surface area is 258 Å². The van der Waals surface area contributed by atoms with Gasteiger partial charge in [0.25, 0.3) is 5.91 Å². The van der Waals surface area contributed by atoms with Crippen LogP contribution in [-0.2, 0) is 30.4 Å². The number of ether oxygens (including phenoxy) is 1. The highest BCUT2D eigenvalue weighted by molar-refractivity contribution is 5.96. The highest BCUT2D eigenvalue weighted by Crippen LogP contribution is 2.67. The predicted octanol–water partition coefficient (Wildman–Crippen LogP) is 5.02. The molecule has 1 aromatic heterocycles. The average Bonchev–Trinajstić information content (AvgIpc) is 3.54. The number of oxime groups is 1. The summed E-state index contributed by atoms with van der Waals surface area (Å²) in [6.07, 6.45) is 11.4. The normalized spacial score (nSPS) is 34.3. The number of hydrogen-bond donors (Lipinski definition) is 3. The number of nitrogens with one attached hydrogen (secondary N) is 2. The van der Waals surface area contributed by atoms with Crippen molar-refractivity contribution in [2.75, 3.05) is 13.7 Å². The van der Waals surface area contributed by atoms with Crippen molar-refractivity contribution < 1.29 is 29.1 Å². The van der Waals surface area contributed by atoms with Gasteiger partial charge in [0.05, 0.1) is 12.8 Å². The summed E-state index contributed by atoms with van der Waals surface area (Å²) in [6, 6.07) is 6.96. The van der Waals surface area contributed by atoms with E-state index in [2.05, 4.69) is 35.4 Å². The lowest BCUT2D eigenvalue weighted by Gasteiger charge is -2.59. The number of hydrogen-bond acceptors (Lipinski definition) is 7. The second-order valence-electron chi connectivity index (χ2n) is 14.0. The van der Waals surface area contributed by atoms with E-state index in [1.165, 1.54) is 12.7 Å². The van der Waals surface area contributed by atoms with E-state index < -0.39 is 23.5 Å². The van der Waals surface area contributed by atoms with Gasteiger partial charge in [0.1, 0.15) is 11.6 Å². The van der Waals surface area contributed by atoms with E-state index in [0.29, 0.717) is 24.2 Å². The quantitative estimate of drug-likeness (QED) is 0.287. The number of methoxy groups -OCH3 is 1. The van der Waals surface area contributed by atoms with Crippen molar-refractivity contribution in [1.82, 2.24) is 10.3 Å². The number of ketones is 1. The fourth-order valence-corrected chi connectivity index (χ4v) is 9.50. The molecule has 3 fully saturated rings. The van der Waals surface area contributed by atoms with Crippen LogP contribution in [0.5, 0.6) is 0 Å². The van der Waals surface area contributed by atoms with Gasteiger partial charge in [-0.1, -0.05) is 42.8 Å². The van der Waals surface area contributed by atoms with Gasteiger partial charge >= 0.3 is 5.97 Å². The molecular formula is C35H45N3O6. The first-order valence-electron chi connectivity index (χ1n) is 16.1. The number of nitrogens with zero attached hydrogens (tertiary/aromatic N) is 1. The Hall–Kier alpha value is -3.46. The number of esters is 1. The van der Waals surface area contributed by atoms with Crippen LogP contribution in [0, 0.1) is 28.6 Å². The molecule has 1 aromatic carbocycles. The number of Topliss-reactive ketones (excluding diaryl/α,β-unsaturated/α-hetero) is 1. The fourth-order valence-electron chi connectivity index (χ4n) is 9.50. The Balaban J connectivity index is 1.08. The van der Waals surface area contributed by atoms with Crippen molar-refractivity contribution in [3.05, 3.63) is 47.7 Å². The maximum absolute atomic E-state index is 12.8. The van der Waals surface area contributed by atoms with E-state index in [1.807, 2.05) is 30.5 Å². The smallest absolute Gasteiger partial charge is 0.328 e. The Morgan fingerprint density at radius 3 is 2.64 bits per heavy atom. The van der Waals surface area contributed by atoms with E-state index in [-0.39, 0.29) is 29.6 Å². The minimum atomic E-state index is -1.19. The number of benzene rings is 1. The van der Waals surface area contributed by atoms with Crippen molar-refractivity contribution in [3.8, 4) is 0 Å². The number of rotatable bonds is 8. The lowest BCUT2D eigenvalue weighted by molar-refractivity contribution is -0.159. The van der Waals surface area contributed by atoms with Crippen molar-refractivity contribution >= 4 is 34.3 Å². The zero-order valence-electron chi connectivity index (χ0n) is 26.3. The Kier molecular flexibility index (Phi) is 7.97. The molecular weight excluding hydrogens is 558 g/mol. The maximum Gasteiger partial charge on any atom is 0.328 e. The lowest BCUT2D eigenvalue weighted by Crippen LogP contribution is -2.57. The molecule has 2 aromatic rings. The van der Waals surface area contributed by atoms with E-state index in [9.17, 15) is 19.5 Å². The summed E-state index contributed by atoms with van der Waals surface area (Å²) in [7, 11) is 1.31. The highest BCUT2D eigenvalue weighted by Gasteiger charge is 2.65. The fraction of sp³-hybridized carbons (Fsp3) is 0.600. The van der Waals surface area contributed by atoms with E-state index in [4.69, 9.17) is 9.57 Å². The minimum Gasteiger partial charge on any atom is -0.467 e. The summed E-state index contributed by atoms with van der Waals surface area (Å²) in [5, 5.41) is 19.5. The van der Waals surface area contributed by atoms with Gasteiger partial charge in [-0.3, -0.25) is 9.59 Å². The molecule has 1 heterocycles. The van der Waals surface area contributed by atoms with Crippen molar-refractivity contribution in [3.63, 3.8) is 0 Å². The second kappa shape index (κ2) is 11.5. The molecule has 9 nitrogen and oxygen atoms in total. The number of fused-ring (bicyclic) bond motifs is 6. The predicted molar refractivity (Wildman–Crippen MR) is 167 cm³/mol. The minimum absolute atomic E-state index is 0.0632. The maximum atomic E-state index is 12.8. The zero-order chi connectivity index (χ0) is 31.3. The summed E-state index contributed by atoms with van der Waals surface area (Å²) in [5.74, 6) is 0.366. The Morgan fingerprint density at radius 1 is 1.09 bits per heavy atom. The van der Waals surface area contributed by atoms with Crippen LogP contribution in [0.4, 0.5) is 0 Å². The number of aliphatic hydroxyl groups is 1. The molecule has 236 valence electrons. The molecule has 7 atom stereocenters. The largest absolute Gasteiger partial charge is 0.467 e. The van der Waals surface area contributed by atoms with Gasteiger partial charge in [-0.15, -0.1) is 0 Å². The number of para-hydroxylation sites is 1. The molecule has 1 amide bonds. The highest BCUT2D eigenvalue weighted by atomic mass is 16.6. The molecule has 0 bridgehead atoms. The van der Waals surface area contributed by atoms with Gasteiger partial charge in [0.15, 0.2) is 12.4 Å². The Morgan fingerprint density at radius 2 is 1.86 bits per heavy atom. The van der Waals surface area contributed by atoms with Crippen LogP contribution in [0.2, 0.25) is 0 Å². The van der Waals surface area contributed by atoms with E-state index in [0.717, 1.165) is 67.1 Å². The van der Waals surface area contributed by atoms with Gasteiger partial charge in [-0.2, -0.15) is 0 Å². The van der Waals surface area contributed by atoms with Crippen LogP contribution in [0.15, 0.2) is 47.3 Å². The molecule has 6 rings (SSSR count). The first kappa shape index (κ1) is 30.6. The van der Waals surface area contributed by atoms with E-state index >= 15 is 0 Å². The molecule has 0 unspecified atom stereocenters. The van der Waals surface area contributed by atoms with Crippen LogP contribution >= 0.6 is 0 Å². The van der Waals surface area contributed by atoms with E-state index in [1.54, 1.807) is 6.92 Å². The standard InChI is InChI=1S/C35H45N3O6/c1-21(39)35(42)16-13-28-26-10-9-23-18-24(11-14-33(23,2)27(26)12-15-34(28,35)3)38-44-20-31(40)37-30(32(41)43-4)17-22-19-36-29-8-6-5-7-25(22)29/h5-8,18-19,26-28,30,36,42H,9-17,20H2,1-4H3,(H,37,40)/b38-24+/t26-,27+,28+,30+,33+,34+,35+/m1/s1. The third kappa shape index (κ3) is 4.97. The molecule has 4 aliphatic carbocycles. The van der Waals surface area contributed by atoms with Gasteiger partial charge < -0.3 is 25.0 Å².